The second kappa shape index (κ2) is 9.74. The SMILES string of the molecule is CN(C1CCCCC1)S(=O)(=O)c1ccccc1NC(=O)COc1ccccc1C#N. The zero-order valence-electron chi connectivity index (χ0n) is 16.9. The minimum Gasteiger partial charge on any atom is -0.482 e. The molecule has 7 nitrogen and oxygen atoms in total. The van der Waals surface area contributed by atoms with Gasteiger partial charge in [-0.25, -0.2) is 8.42 Å². The number of benzene rings is 2. The molecular formula is C22H25N3O4S. The lowest BCUT2D eigenvalue weighted by molar-refractivity contribution is -0.118. The van der Waals surface area contributed by atoms with Gasteiger partial charge in [-0.3, -0.25) is 4.79 Å². The third-order valence-electron chi connectivity index (χ3n) is 5.27. The zero-order valence-corrected chi connectivity index (χ0v) is 17.7. The van der Waals surface area contributed by atoms with E-state index < -0.39 is 15.9 Å². The van der Waals surface area contributed by atoms with Gasteiger partial charge in [0, 0.05) is 13.1 Å². The van der Waals surface area contributed by atoms with Crippen LogP contribution in [0.5, 0.6) is 5.75 Å². The van der Waals surface area contributed by atoms with Crippen molar-refractivity contribution in [2.24, 2.45) is 0 Å². The van der Waals surface area contributed by atoms with Crippen molar-refractivity contribution in [2.75, 3.05) is 19.0 Å². The molecule has 0 unspecified atom stereocenters. The third kappa shape index (κ3) is 4.99. The Morgan fingerprint density at radius 2 is 1.80 bits per heavy atom. The van der Waals surface area contributed by atoms with Gasteiger partial charge in [-0.2, -0.15) is 9.57 Å². The molecule has 8 heteroatoms. The molecule has 0 heterocycles. The Morgan fingerprint density at radius 1 is 1.13 bits per heavy atom. The number of para-hydroxylation sites is 2. The van der Waals surface area contributed by atoms with Crippen LogP contribution in [0, 0.1) is 11.3 Å². The Morgan fingerprint density at radius 3 is 2.53 bits per heavy atom. The number of carbonyl (C=O) groups is 1. The number of nitrogens with one attached hydrogen (secondary N) is 1. The van der Waals surface area contributed by atoms with E-state index in [1.165, 1.54) is 10.4 Å². The number of hydrogen-bond donors (Lipinski definition) is 1. The summed E-state index contributed by atoms with van der Waals surface area (Å²) in [6.45, 7) is -0.342. The lowest BCUT2D eigenvalue weighted by Crippen LogP contribution is -2.38. The monoisotopic (exact) mass is 427 g/mol. The van der Waals surface area contributed by atoms with Crippen LogP contribution in [-0.4, -0.2) is 38.3 Å². The highest BCUT2D eigenvalue weighted by Gasteiger charge is 2.31. The maximum atomic E-state index is 13.2. The summed E-state index contributed by atoms with van der Waals surface area (Å²) in [6.07, 6.45) is 4.85. The van der Waals surface area contributed by atoms with Crippen molar-refractivity contribution in [3.63, 3.8) is 0 Å². The molecule has 1 N–H and O–H groups in total. The van der Waals surface area contributed by atoms with Gasteiger partial charge in [-0.15, -0.1) is 0 Å². The number of carbonyl (C=O) groups excluding carboxylic acids is 1. The van der Waals surface area contributed by atoms with Crippen molar-refractivity contribution < 1.29 is 17.9 Å². The maximum absolute atomic E-state index is 13.2. The Balaban J connectivity index is 1.73. The van der Waals surface area contributed by atoms with Gasteiger partial charge in [0.05, 0.1) is 11.3 Å². The average molecular weight is 428 g/mol. The number of ether oxygens (including phenoxy) is 1. The van der Waals surface area contributed by atoms with Crippen LogP contribution in [0.15, 0.2) is 53.4 Å². The topological polar surface area (TPSA) is 99.5 Å². The summed E-state index contributed by atoms with van der Waals surface area (Å²) in [5.41, 5.74) is 0.532. The summed E-state index contributed by atoms with van der Waals surface area (Å²) in [4.78, 5) is 12.5. The molecule has 1 aliphatic rings. The number of nitrogens with zero attached hydrogens (tertiary/aromatic N) is 2. The van der Waals surface area contributed by atoms with E-state index >= 15 is 0 Å². The molecule has 0 saturated heterocycles. The molecule has 158 valence electrons. The Hall–Kier alpha value is -2.89. The van der Waals surface area contributed by atoms with Crippen LogP contribution in [0.4, 0.5) is 5.69 Å². The van der Waals surface area contributed by atoms with Crippen LogP contribution in [0.1, 0.15) is 37.7 Å². The normalized spacial score (nSPS) is 14.8. The lowest BCUT2D eigenvalue weighted by atomic mass is 9.96. The van der Waals surface area contributed by atoms with E-state index in [-0.39, 0.29) is 23.2 Å². The lowest BCUT2D eigenvalue weighted by Gasteiger charge is -2.30. The van der Waals surface area contributed by atoms with Gasteiger partial charge in [0.2, 0.25) is 10.0 Å². The largest absolute Gasteiger partial charge is 0.482 e. The highest BCUT2D eigenvalue weighted by molar-refractivity contribution is 7.89. The Bertz CT molecular complexity index is 1040. The average Bonchev–Trinajstić information content (AvgIpc) is 2.78. The summed E-state index contributed by atoms with van der Waals surface area (Å²) >= 11 is 0. The molecule has 0 spiro atoms. The van der Waals surface area contributed by atoms with Crippen LogP contribution in [-0.2, 0) is 14.8 Å². The first kappa shape index (κ1) is 21.8. The summed E-state index contributed by atoms with van der Waals surface area (Å²) < 4.78 is 33.3. The zero-order chi connectivity index (χ0) is 21.6. The molecule has 2 aromatic carbocycles. The first-order valence-electron chi connectivity index (χ1n) is 9.92. The summed E-state index contributed by atoms with van der Waals surface area (Å²) in [7, 11) is -2.15. The third-order valence-corrected chi connectivity index (χ3v) is 7.24. The van der Waals surface area contributed by atoms with Gasteiger partial charge < -0.3 is 10.1 Å². The smallest absolute Gasteiger partial charge is 0.262 e. The Labute approximate surface area is 177 Å². The molecule has 1 aliphatic carbocycles. The number of hydrogen-bond acceptors (Lipinski definition) is 5. The van der Waals surface area contributed by atoms with Crippen LogP contribution in [0.25, 0.3) is 0 Å². The van der Waals surface area contributed by atoms with E-state index in [0.717, 1.165) is 32.1 Å². The van der Waals surface area contributed by atoms with Gasteiger partial charge in [0.15, 0.2) is 6.61 Å². The van der Waals surface area contributed by atoms with E-state index in [1.807, 2.05) is 6.07 Å². The van der Waals surface area contributed by atoms with Crippen LogP contribution in [0.3, 0.4) is 0 Å². The van der Waals surface area contributed by atoms with E-state index in [9.17, 15) is 13.2 Å². The van der Waals surface area contributed by atoms with E-state index in [4.69, 9.17) is 10.00 Å². The number of anilines is 1. The van der Waals surface area contributed by atoms with Crippen molar-refractivity contribution in [1.82, 2.24) is 4.31 Å². The molecule has 0 atom stereocenters. The van der Waals surface area contributed by atoms with Gasteiger partial charge in [-0.1, -0.05) is 43.5 Å². The second-order valence-electron chi connectivity index (χ2n) is 7.25. The summed E-state index contributed by atoms with van der Waals surface area (Å²) in [6, 6.07) is 14.9. The fourth-order valence-electron chi connectivity index (χ4n) is 3.61. The van der Waals surface area contributed by atoms with Crippen LogP contribution >= 0.6 is 0 Å². The summed E-state index contributed by atoms with van der Waals surface area (Å²) in [5.74, 6) is -0.209. The highest BCUT2D eigenvalue weighted by Crippen LogP contribution is 2.29. The van der Waals surface area contributed by atoms with Gasteiger partial charge in [0.1, 0.15) is 16.7 Å². The van der Waals surface area contributed by atoms with Crippen LogP contribution < -0.4 is 10.1 Å². The molecule has 0 radical (unpaired) electrons. The number of amides is 1. The van der Waals surface area contributed by atoms with Crippen molar-refractivity contribution in [3.8, 4) is 11.8 Å². The molecule has 1 fully saturated rings. The molecule has 0 aliphatic heterocycles. The fraction of sp³-hybridized carbons (Fsp3) is 0.364. The molecule has 2 aromatic rings. The molecule has 30 heavy (non-hydrogen) atoms. The molecule has 0 aromatic heterocycles. The predicted octanol–water partition coefficient (Wildman–Crippen LogP) is 3.53. The fourth-order valence-corrected chi connectivity index (χ4v) is 5.17. The minimum atomic E-state index is -3.76. The molecular weight excluding hydrogens is 402 g/mol. The number of rotatable bonds is 7. The number of sulfonamides is 1. The van der Waals surface area contributed by atoms with E-state index in [2.05, 4.69) is 5.32 Å². The van der Waals surface area contributed by atoms with Gasteiger partial charge >= 0.3 is 0 Å². The molecule has 0 bridgehead atoms. The standard InChI is InChI=1S/C22H25N3O4S/c1-25(18-10-3-2-4-11-18)30(27,28)21-14-8-6-12-19(21)24-22(26)16-29-20-13-7-5-9-17(20)15-23/h5-9,12-14,18H,2-4,10-11,16H2,1H3,(H,24,26). The van der Waals surface area contributed by atoms with Crippen molar-refractivity contribution in [1.29, 1.82) is 5.26 Å². The first-order valence-corrected chi connectivity index (χ1v) is 11.4. The quantitative estimate of drug-likeness (QED) is 0.729. The highest BCUT2D eigenvalue weighted by atomic mass is 32.2. The second-order valence-corrected chi connectivity index (χ2v) is 9.22. The maximum Gasteiger partial charge on any atom is 0.262 e. The number of nitriles is 1. The predicted molar refractivity (Wildman–Crippen MR) is 114 cm³/mol. The molecule has 1 saturated carbocycles. The van der Waals surface area contributed by atoms with E-state index in [0.29, 0.717) is 11.3 Å². The first-order chi connectivity index (χ1) is 14.4. The van der Waals surface area contributed by atoms with E-state index in [1.54, 1.807) is 49.5 Å². The molecule has 3 rings (SSSR count). The van der Waals surface area contributed by atoms with Gasteiger partial charge in [0.25, 0.3) is 5.91 Å². The van der Waals surface area contributed by atoms with Crippen molar-refractivity contribution in [3.05, 3.63) is 54.1 Å². The Kier molecular flexibility index (Phi) is 7.08. The van der Waals surface area contributed by atoms with Gasteiger partial charge in [-0.05, 0) is 37.1 Å². The molecule has 1 amide bonds. The van der Waals surface area contributed by atoms with Crippen molar-refractivity contribution >= 4 is 21.6 Å². The minimum absolute atomic E-state index is 0.0293. The van der Waals surface area contributed by atoms with Crippen molar-refractivity contribution in [2.45, 2.75) is 43.0 Å². The summed E-state index contributed by atoms with van der Waals surface area (Å²) in [5, 5.41) is 11.7. The van der Waals surface area contributed by atoms with Crippen LogP contribution in [0.2, 0.25) is 0 Å².